The zero-order valence-corrected chi connectivity index (χ0v) is 13.5. The van der Waals surface area contributed by atoms with Crippen LogP contribution < -0.4 is 10.6 Å². The van der Waals surface area contributed by atoms with Crippen LogP contribution in [0.5, 0.6) is 0 Å². The summed E-state index contributed by atoms with van der Waals surface area (Å²) < 4.78 is 0.690. The number of thiophene rings is 1. The van der Waals surface area contributed by atoms with Gasteiger partial charge in [-0.15, -0.1) is 17.8 Å². The smallest absolute Gasteiger partial charge is 0.254 e. The maximum absolute atomic E-state index is 11.9. The molecule has 0 aliphatic heterocycles. The van der Waals surface area contributed by atoms with Gasteiger partial charge in [-0.05, 0) is 24.3 Å². The SMILES string of the molecule is C#Cc1cccc(NC(=O)CNC(=O)c2cc(Cl)sc2Cl)c1. The summed E-state index contributed by atoms with van der Waals surface area (Å²) in [5.74, 6) is 1.64. The fraction of sp³-hybridized carbons (Fsp3) is 0.0667. The zero-order chi connectivity index (χ0) is 16.1. The lowest BCUT2D eigenvalue weighted by molar-refractivity contribution is -0.115. The Balaban J connectivity index is 1.91. The number of hydrogen-bond donors (Lipinski definition) is 2. The van der Waals surface area contributed by atoms with E-state index in [1.807, 2.05) is 0 Å². The van der Waals surface area contributed by atoms with Crippen molar-refractivity contribution >= 4 is 52.0 Å². The van der Waals surface area contributed by atoms with Crippen LogP contribution in [0.4, 0.5) is 5.69 Å². The van der Waals surface area contributed by atoms with E-state index in [4.69, 9.17) is 29.6 Å². The molecule has 1 aromatic heterocycles. The van der Waals surface area contributed by atoms with E-state index in [0.29, 0.717) is 15.6 Å². The molecule has 0 radical (unpaired) electrons. The summed E-state index contributed by atoms with van der Waals surface area (Å²) in [6.07, 6.45) is 5.29. The monoisotopic (exact) mass is 352 g/mol. The van der Waals surface area contributed by atoms with Crippen molar-refractivity contribution in [1.82, 2.24) is 5.32 Å². The molecule has 2 aromatic rings. The molecule has 0 atom stereocenters. The van der Waals surface area contributed by atoms with Gasteiger partial charge in [-0.2, -0.15) is 0 Å². The molecule has 22 heavy (non-hydrogen) atoms. The van der Waals surface area contributed by atoms with Gasteiger partial charge in [0.05, 0.1) is 16.4 Å². The van der Waals surface area contributed by atoms with Crippen molar-refractivity contribution in [3.63, 3.8) is 0 Å². The first-order valence-electron chi connectivity index (χ1n) is 6.09. The van der Waals surface area contributed by atoms with Crippen LogP contribution in [0.1, 0.15) is 15.9 Å². The van der Waals surface area contributed by atoms with Crippen molar-refractivity contribution < 1.29 is 9.59 Å². The van der Waals surface area contributed by atoms with Gasteiger partial charge in [-0.1, -0.05) is 35.2 Å². The average molecular weight is 353 g/mol. The van der Waals surface area contributed by atoms with E-state index in [1.165, 1.54) is 6.07 Å². The molecule has 1 aromatic carbocycles. The highest BCUT2D eigenvalue weighted by atomic mass is 35.5. The van der Waals surface area contributed by atoms with Gasteiger partial charge < -0.3 is 10.6 Å². The van der Waals surface area contributed by atoms with E-state index >= 15 is 0 Å². The predicted molar refractivity (Wildman–Crippen MR) is 89.7 cm³/mol. The van der Waals surface area contributed by atoms with Crippen LogP contribution in [0, 0.1) is 12.3 Å². The summed E-state index contributed by atoms with van der Waals surface area (Å²) in [6.45, 7) is -0.192. The third-order valence-corrected chi connectivity index (χ3v) is 4.11. The minimum absolute atomic E-state index is 0.192. The van der Waals surface area contributed by atoms with Gasteiger partial charge in [-0.3, -0.25) is 9.59 Å². The van der Waals surface area contributed by atoms with Crippen molar-refractivity contribution in [3.05, 3.63) is 50.1 Å². The maximum Gasteiger partial charge on any atom is 0.254 e. The van der Waals surface area contributed by atoms with E-state index < -0.39 is 5.91 Å². The maximum atomic E-state index is 11.9. The first-order valence-corrected chi connectivity index (χ1v) is 7.66. The number of rotatable bonds is 4. The number of benzene rings is 1. The molecule has 2 amide bonds. The van der Waals surface area contributed by atoms with E-state index in [1.54, 1.807) is 24.3 Å². The van der Waals surface area contributed by atoms with Gasteiger partial charge in [0.1, 0.15) is 4.34 Å². The summed E-state index contributed by atoms with van der Waals surface area (Å²) in [4.78, 5) is 23.7. The van der Waals surface area contributed by atoms with Crippen LogP contribution in [-0.2, 0) is 4.79 Å². The Morgan fingerprint density at radius 2 is 2.05 bits per heavy atom. The van der Waals surface area contributed by atoms with Crippen LogP contribution >= 0.6 is 34.5 Å². The quantitative estimate of drug-likeness (QED) is 0.828. The summed E-state index contributed by atoms with van der Waals surface area (Å²) in [5, 5.41) is 5.11. The number of terminal acetylenes is 1. The van der Waals surface area contributed by atoms with E-state index in [-0.39, 0.29) is 22.4 Å². The van der Waals surface area contributed by atoms with Crippen LogP contribution in [0.15, 0.2) is 30.3 Å². The molecular formula is C15H10Cl2N2O2S. The number of carbonyl (C=O) groups is 2. The second-order valence-corrected chi connectivity index (χ2v) is 6.48. The van der Waals surface area contributed by atoms with Gasteiger partial charge in [0.2, 0.25) is 5.91 Å². The highest BCUT2D eigenvalue weighted by Gasteiger charge is 2.15. The molecule has 0 spiro atoms. The molecule has 2 N–H and O–H groups in total. The fourth-order valence-corrected chi connectivity index (χ4v) is 3.10. The van der Waals surface area contributed by atoms with Crippen LogP contribution in [-0.4, -0.2) is 18.4 Å². The minimum Gasteiger partial charge on any atom is -0.343 e. The number of nitrogens with one attached hydrogen (secondary N) is 2. The highest BCUT2D eigenvalue weighted by Crippen LogP contribution is 2.30. The lowest BCUT2D eigenvalue weighted by atomic mass is 10.2. The third-order valence-electron chi connectivity index (χ3n) is 2.62. The lowest BCUT2D eigenvalue weighted by Gasteiger charge is -2.07. The molecule has 0 saturated heterocycles. The topological polar surface area (TPSA) is 58.2 Å². The molecule has 0 fully saturated rings. The summed E-state index contributed by atoms with van der Waals surface area (Å²) >= 11 is 12.7. The second kappa shape index (κ2) is 7.32. The normalized spacial score (nSPS) is 9.86. The Bertz CT molecular complexity index is 765. The molecule has 0 aliphatic rings. The Kier molecular flexibility index (Phi) is 5.45. The largest absolute Gasteiger partial charge is 0.343 e. The Morgan fingerprint density at radius 3 is 2.68 bits per heavy atom. The van der Waals surface area contributed by atoms with Gasteiger partial charge >= 0.3 is 0 Å². The summed E-state index contributed by atoms with van der Waals surface area (Å²) in [5.41, 5.74) is 1.46. The Morgan fingerprint density at radius 1 is 1.27 bits per heavy atom. The molecule has 0 saturated carbocycles. The van der Waals surface area contributed by atoms with E-state index in [0.717, 1.165) is 11.3 Å². The average Bonchev–Trinajstić information content (AvgIpc) is 2.83. The lowest BCUT2D eigenvalue weighted by Crippen LogP contribution is -2.32. The first kappa shape index (κ1) is 16.4. The van der Waals surface area contributed by atoms with Gasteiger partial charge in [0.25, 0.3) is 5.91 Å². The number of amides is 2. The van der Waals surface area contributed by atoms with Crippen molar-refractivity contribution in [1.29, 1.82) is 0 Å². The van der Waals surface area contributed by atoms with Gasteiger partial charge in [0.15, 0.2) is 0 Å². The molecule has 1 heterocycles. The number of halogens is 2. The van der Waals surface area contributed by atoms with Crippen molar-refractivity contribution in [3.8, 4) is 12.3 Å². The Hall–Kier alpha value is -2.00. The van der Waals surface area contributed by atoms with Gasteiger partial charge in [-0.25, -0.2) is 0 Å². The fourth-order valence-electron chi connectivity index (χ4n) is 1.64. The number of carbonyl (C=O) groups excluding carboxylic acids is 2. The first-order chi connectivity index (χ1) is 10.5. The number of hydrogen-bond acceptors (Lipinski definition) is 3. The molecule has 0 aliphatic carbocycles. The second-order valence-electron chi connectivity index (χ2n) is 4.19. The van der Waals surface area contributed by atoms with Gasteiger partial charge in [0, 0.05) is 11.3 Å². The van der Waals surface area contributed by atoms with Crippen LogP contribution in [0.3, 0.4) is 0 Å². The standard InChI is InChI=1S/C15H10Cl2N2O2S/c1-2-9-4-3-5-10(6-9)19-13(20)8-18-15(21)11-7-12(16)22-14(11)17/h1,3-7H,8H2,(H,18,21)(H,19,20). The molecule has 7 heteroatoms. The molecule has 112 valence electrons. The van der Waals surface area contributed by atoms with Crippen LogP contribution in [0.25, 0.3) is 0 Å². The predicted octanol–water partition coefficient (Wildman–Crippen LogP) is 3.40. The number of anilines is 1. The minimum atomic E-state index is -0.458. The third kappa shape index (κ3) is 4.25. The Labute approximate surface area is 141 Å². The molecule has 0 unspecified atom stereocenters. The summed E-state index contributed by atoms with van der Waals surface area (Å²) in [7, 11) is 0. The molecule has 4 nitrogen and oxygen atoms in total. The van der Waals surface area contributed by atoms with Crippen molar-refractivity contribution in [2.75, 3.05) is 11.9 Å². The zero-order valence-electron chi connectivity index (χ0n) is 11.2. The highest BCUT2D eigenvalue weighted by molar-refractivity contribution is 7.20. The molecular weight excluding hydrogens is 343 g/mol. The summed E-state index contributed by atoms with van der Waals surface area (Å²) in [6, 6.07) is 8.31. The van der Waals surface area contributed by atoms with Crippen molar-refractivity contribution in [2.45, 2.75) is 0 Å². The van der Waals surface area contributed by atoms with Crippen molar-refractivity contribution in [2.24, 2.45) is 0 Å². The van der Waals surface area contributed by atoms with E-state index in [2.05, 4.69) is 16.6 Å². The van der Waals surface area contributed by atoms with Crippen LogP contribution in [0.2, 0.25) is 8.67 Å². The molecule has 0 bridgehead atoms. The molecule has 2 rings (SSSR count). The van der Waals surface area contributed by atoms with E-state index in [9.17, 15) is 9.59 Å².